The molecule has 4 heteroatoms. The average molecular weight is 323 g/mol. The van der Waals surface area contributed by atoms with Crippen LogP contribution in [0.4, 0.5) is 5.69 Å². The van der Waals surface area contributed by atoms with Crippen LogP contribution < -0.4 is 5.73 Å². The largest absolute Gasteiger partial charge is 0.399 e. The number of benzene rings is 1. The lowest BCUT2D eigenvalue weighted by molar-refractivity contribution is -0.131. The van der Waals surface area contributed by atoms with E-state index in [1.165, 1.54) is 44.9 Å². The number of nitrogens with zero attached hydrogens (tertiary/aromatic N) is 1. The Bertz CT molecular complexity index is 478. The molecule has 0 unspecified atom stereocenters. The Morgan fingerprint density at radius 1 is 1.05 bits per heavy atom. The van der Waals surface area contributed by atoms with Crippen LogP contribution in [0.5, 0.6) is 0 Å². The molecule has 122 valence electrons. The lowest BCUT2D eigenvalue weighted by Crippen LogP contribution is -2.38. The highest BCUT2D eigenvalue weighted by Crippen LogP contribution is 2.31. The molecule has 0 spiro atoms. The molecule has 2 fully saturated rings. The van der Waals surface area contributed by atoms with Gasteiger partial charge in [0.05, 0.1) is 6.42 Å². The molecule has 1 aromatic carbocycles. The zero-order valence-corrected chi connectivity index (χ0v) is 14.0. The number of hydrogen-bond donors (Lipinski definition) is 1. The summed E-state index contributed by atoms with van der Waals surface area (Å²) in [5.41, 5.74) is 7.53. The third-order valence-corrected chi connectivity index (χ3v) is 4.82. The number of halogens is 1. The molecule has 0 heterocycles. The van der Waals surface area contributed by atoms with Gasteiger partial charge in [0.1, 0.15) is 0 Å². The van der Waals surface area contributed by atoms with Gasteiger partial charge >= 0.3 is 0 Å². The van der Waals surface area contributed by atoms with Crippen molar-refractivity contribution >= 4 is 24.0 Å². The van der Waals surface area contributed by atoms with Gasteiger partial charge in [-0.3, -0.25) is 4.79 Å². The molecular weight excluding hydrogens is 296 g/mol. The number of nitrogens with two attached hydrogens (primary N) is 1. The molecule has 0 atom stereocenters. The number of anilines is 1. The van der Waals surface area contributed by atoms with Crippen molar-refractivity contribution in [2.75, 3.05) is 12.3 Å². The molecule has 0 aromatic heterocycles. The number of rotatable bonds is 5. The Labute approximate surface area is 139 Å². The van der Waals surface area contributed by atoms with Crippen molar-refractivity contribution in [2.45, 2.75) is 57.4 Å². The molecule has 0 radical (unpaired) electrons. The second-order valence-electron chi connectivity index (χ2n) is 6.70. The lowest BCUT2D eigenvalue weighted by Gasteiger charge is -2.30. The van der Waals surface area contributed by atoms with Crippen LogP contribution in [0.25, 0.3) is 0 Å². The second kappa shape index (κ2) is 7.87. The van der Waals surface area contributed by atoms with Gasteiger partial charge in [0.25, 0.3) is 0 Å². The smallest absolute Gasteiger partial charge is 0.227 e. The molecule has 3 rings (SSSR count). The minimum absolute atomic E-state index is 0. The maximum absolute atomic E-state index is 12.6. The predicted octanol–water partition coefficient (Wildman–Crippen LogP) is 3.80. The van der Waals surface area contributed by atoms with Gasteiger partial charge < -0.3 is 10.6 Å². The van der Waals surface area contributed by atoms with Gasteiger partial charge in [-0.05, 0) is 49.3 Å². The van der Waals surface area contributed by atoms with Crippen LogP contribution in [-0.2, 0) is 11.2 Å². The first kappa shape index (κ1) is 17.1. The summed E-state index contributed by atoms with van der Waals surface area (Å²) < 4.78 is 0. The highest BCUT2D eigenvalue weighted by molar-refractivity contribution is 5.85. The topological polar surface area (TPSA) is 46.3 Å². The van der Waals surface area contributed by atoms with E-state index in [9.17, 15) is 4.79 Å². The maximum Gasteiger partial charge on any atom is 0.227 e. The van der Waals surface area contributed by atoms with E-state index in [-0.39, 0.29) is 12.4 Å². The van der Waals surface area contributed by atoms with Crippen LogP contribution in [0.1, 0.15) is 50.5 Å². The summed E-state index contributed by atoms with van der Waals surface area (Å²) in [4.78, 5) is 14.8. The average Bonchev–Trinajstić information content (AvgIpc) is 3.33. The Kier molecular flexibility index (Phi) is 6.13. The van der Waals surface area contributed by atoms with Gasteiger partial charge in [-0.2, -0.15) is 0 Å². The Morgan fingerprint density at radius 2 is 1.68 bits per heavy atom. The Morgan fingerprint density at radius 3 is 2.27 bits per heavy atom. The molecule has 2 N–H and O–H groups in total. The van der Waals surface area contributed by atoms with Crippen LogP contribution in [-0.4, -0.2) is 23.4 Å². The van der Waals surface area contributed by atoms with Gasteiger partial charge in [-0.1, -0.05) is 31.4 Å². The van der Waals surface area contributed by atoms with E-state index in [2.05, 4.69) is 4.90 Å². The van der Waals surface area contributed by atoms with Crippen molar-refractivity contribution in [3.63, 3.8) is 0 Å². The fourth-order valence-electron chi connectivity index (χ4n) is 3.40. The first-order chi connectivity index (χ1) is 10.2. The van der Waals surface area contributed by atoms with Crippen LogP contribution in [0.15, 0.2) is 24.3 Å². The zero-order chi connectivity index (χ0) is 14.7. The molecule has 2 saturated carbocycles. The first-order valence-corrected chi connectivity index (χ1v) is 8.36. The maximum atomic E-state index is 12.6. The third kappa shape index (κ3) is 4.64. The van der Waals surface area contributed by atoms with Gasteiger partial charge in [0.2, 0.25) is 5.91 Å². The third-order valence-electron chi connectivity index (χ3n) is 4.82. The molecule has 3 nitrogen and oxygen atoms in total. The Balaban J connectivity index is 0.00000176. The molecule has 2 aliphatic carbocycles. The summed E-state index contributed by atoms with van der Waals surface area (Å²) in [6, 6.07) is 8.22. The second-order valence-corrected chi connectivity index (χ2v) is 6.70. The molecule has 22 heavy (non-hydrogen) atoms. The van der Waals surface area contributed by atoms with Crippen LogP contribution in [0.2, 0.25) is 0 Å². The molecule has 1 amide bonds. The van der Waals surface area contributed by atoms with Crippen molar-refractivity contribution in [3.05, 3.63) is 29.8 Å². The van der Waals surface area contributed by atoms with Gasteiger partial charge in [0, 0.05) is 18.3 Å². The Hall–Kier alpha value is -1.22. The van der Waals surface area contributed by atoms with Crippen molar-refractivity contribution in [1.82, 2.24) is 4.90 Å². The minimum Gasteiger partial charge on any atom is -0.399 e. The van der Waals surface area contributed by atoms with E-state index in [0.717, 1.165) is 23.7 Å². The number of carbonyl (C=O) groups excluding carboxylic acids is 1. The SMILES string of the molecule is Cl.Nc1ccc(CC(=O)N(CC2CCCCC2)C2CC2)cc1. The number of hydrogen-bond acceptors (Lipinski definition) is 2. The van der Waals surface area contributed by atoms with Crippen LogP contribution in [0, 0.1) is 5.92 Å². The number of nitrogen functional groups attached to an aromatic ring is 1. The highest BCUT2D eigenvalue weighted by Gasteiger charge is 2.33. The summed E-state index contributed by atoms with van der Waals surface area (Å²) in [6.07, 6.45) is 9.57. The fourth-order valence-corrected chi connectivity index (χ4v) is 3.40. The van der Waals surface area contributed by atoms with Crippen molar-refractivity contribution in [3.8, 4) is 0 Å². The van der Waals surface area contributed by atoms with Gasteiger partial charge in [-0.25, -0.2) is 0 Å². The molecule has 2 aliphatic rings. The molecule has 0 bridgehead atoms. The van der Waals surface area contributed by atoms with E-state index < -0.39 is 0 Å². The van der Waals surface area contributed by atoms with E-state index in [0.29, 0.717) is 18.4 Å². The summed E-state index contributed by atoms with van der Waals surface area (Å²) in [5, 5.41) is 0. The van der Waals surface area contributed by atoms with E-state index in [1.54, 1.807) is 0 Å². The first-order valence-electron chi connectivity index (χ1n) is 8.36. The van der Waals surface area contributed by atoms with E-state index in [1.807, 2.05) is 24.3 Å². The van der Waals surface area contributed by atoms with Crippen LogP contribution >= 0.6 is 12.4 Å². The molecular formula is C18H27ClN2O. The molecule has 1 aromatic rings. The predicted molar refractivity (Wildman–Crippen MR) is 93.1 cm³/mol. The monoisotopic (exact) mass is 322 g/mol. The minimum atomic E-state index is 0. The quantitative estimate of drug-likeness (QED) is 0.838. The van der Waals surface area contributed by atoms with Gasteiger partial charge in [0.15, 0.2) is 0 Å². The normalized spacial score (nSPS) is 18.5. The van der Waals surface area contributed by atoms with Crippen molar-refractivity contribution < 1.29 is 4.79 Å². The van der Waals surface area contributed by atoms with E-state index in [4.69, 9.17) is 5.73 Å². The zero-order valence-electron chi connectivity index (χ0n) is 13.2. The number of carbonyl (C=O) groups is 1. The van der Waals surface area contributed by atoms with Gasteiger partial charge in [-0.15, -0.1) is 12.4 Å². The summed E-state index contributed by atoms with van der Waals surface area (Å²) in [5.74, 6) is 1.03. The summed E-state index contributed by atoms with van der Waals surface area (Å²) in [7, 11) is 0. The fraction of sp³-hybridized carbons (Fsp3) is 0.611. The van der Waals surface area contributed by atoms with Crippen LogP contribution in [0.3, 0.4) is 0 Å². The standard InChI is InChI=1S/C18H26N2O.ClH/c19-16-8-6-14(7-9-16)12-18(21)20(17-10-11-17)13-15-4-2-1-3-5-15;/h6-9,15,17H,1-5,10-13,19H2;1H. The lowest BCUT2D eigenvalue weighted by atomic mass is 9.89. The van der Waals surface area contributed by atoms with Crippen molar-refractivity contribution in [1.29, 1.82) is 0 Å². The highest BCUT2D eigenvalue weighted by atomic mass is 35.5. The summed E-state index contributed by atoms with van der Waals surface area (Å²) >= 11 is 0. The number of amides is 1. The van der Waals surface area contributed by atoms with E-state index >= 15 is 0 Å². The summed E-state index contributed by atoms with van der Waals surface area (Å²) in [6.45, 7) is 0.985. The van der Waals surface area contributed by atoms with Crippen molar-refractivity contribution in [2.24, 2.45) is 5.92 Å². The molecule has 0 aliphatic heterocycles. The molecule has 0 saturated heterocycles.